The van der Waals surface area contributed by atoms with Gasteiger partial charge in [-0.15, -0.1) is 0 Å². The van der Waals surface area contributed by atoms with Crippen LogP contribution in [0.3, 0.4) is 0 Å². The summed E-state index contributed by atoms with van der Waals surface area (Å²) in [6, 6.07) is 5.55. The van der Waals surface area contributed by atoms with Gasteiger partial charge in [-0.2, -0.15) is 5.10 Å². The van der Waals surface area contributed by atoms with Crippen molar-refractivity contribution in [2.75, 3.05) is 18.0 Å². The van der Waals surface area contributed by atoms with Crippen LogP contribution in [0.5, 0.6) is 0 Å². The van der Waals surface area contributed by atoms with Crippen LogP contribution in [0.2, 0.25) is 0 Å². The van der Waals surface area contributed by atoms with Crippen LogP contribution in [0.15, 0.2) is 29.2 Å². The molecular weight excluding hydrogens is 318 g/mol. The van der Waals surface area contributed by atoms with E-state index in [1.165, 1.54) is 23.1 Å². The van der Waals surface area contributed by atoms with E-state index >= 15 is 0 Å². The predicted octanol–water partition coefficient (Wildman–Crippen LogP) is 1.38. The lowest BCUT2D eigenvalue weighted by Crippen LogP contribution is -2.46. The Morgan fingerprint density at radius 3 is 2.76 bits per heavy atom. The van der Waals surface area contributed by atoms with Crippen molar-refractivity contribution >= 4 is 11.7 Å². The van der Waals surface area contributed by atoms with Crippen LogP contribution in [0.4, 0.5) is 5.82 Å². The van der Waals surface area contributed by atoms with Gasteiger partial charge in [0.2, 0.25) is 0 Å². The maximum atomic E-state index is 12.4. The summed E-state index contributed by atoms with van der Waals surface area (Å²) >= 11 is 0. The Hall–Kier alpha value is -2.57. The van der Waals surface area contributed by atoms with Gasteiger partial charge >= 0.3 is 0 Å². The lowest BCUT2D eigenvalue weighted by molar-refractivity contribution is 0.0929. The van der Waals surface area contributed by atoms with E-state index in [9.17, 15) is 9.59 Å². The van der Waals surface area contributed by atoms with Gasteiger partial charge in [0.15, 0.2) is 5.82 Å². The quantitative estimate of drug-likeness (QED) is 0.880. The summed E-state index contributed by atoms with van der Waals surface area (Å²) in [5.41, 5.74) is 1.18. The number of nitrogens with one attached hydrogen (secondary N) is 2. The highest BCUT2D eigenvalue weighted by molar-refractivity contribution is 5.94. The van der Waals surface area contributed by atoms with Crippen LogP contribution in [-0.2, 0) is 7.05 Å². The molecule has 0 atom stereocenters. The van der Waals surface area contributed by atoms with Crippen molar-refractivity contribution in [1.82, 2.24) is 20.1 Å². The van der Waals surface area contributed by atoms with E-state index in [-0.39, 0.29) is 23.1 Å². The number of aromatic amines is 1. The van der Waals surface area contributed by atoms with E-state index in [2.05, 4.69) is 26.5 Å². The molecule has 2 aromatic heterocycles. The number of H-pyrrole nitrogens is 1. The number of amides is 1. The van der Waals surface area contributed by atoms with Crippen molar-refractivity contribution in [3.8, 4) is 0 Å². The fourth-order valence-corrected chi connectivity index (χ4v) is 3.38. The molecule has 1 saturated heterocycles. The lowest BCUT2D eigenvalue weighted by Gasteiger charge is -2.32. The van der Waals surface area contributed by atoms with E-state index in [1.54, 1.807) is 25.4 Å². The highest BCUT2D eigenvalue weighted by atomic mass is 16.2. The van der Waals surface area contributed by atoms with Gasteiger partial charge in [-0.25, -0.2) is 0 Å². The first-order valence-electron chi connectivity index (χ1n) is 8.88. The molecule has 1 amide bonds. The molecule has 3 heterocycles. The fraction of sp³-hybridized carbons (Fsp3) is 0.500. The molecule has 1 aliphatic carbocycles. The third-order valence-electron chi connectivity index (χ3n) is 5.12. The number of pyridine rings is 1. The van der Waals surface area contributed by atoms with Crippen LogP contribution < -0.4 is 15.8 Å². The Balaban J connectivity index is 1.34. The van der Waals surface area contributed by atoms with Gasteiger partial charge < -0.3 is 14.8 Å². The largest absolute Gasteiger partial charge is 0.355 e. The fourth-order valence-electron chi connectivity index (χ4n) is 3.38. The van der Waals surface area contributed by atoms with Gasteiger partial charge in [0, 0.05) is 50.1 Å². The molecule has 7 nitrogen and oxygen atoms in total. The molecule has 25 heavy (non-hydrogen) atoms. The third kappa shape index (κ3) is 3.31. The van der Waals surface area contributed by atoms with Crippen molar-refractivity contribution in [1.29, 1.82) is 0 Å². The van der Waals surface area contributed by atoms with Crippen molar-refractivity contribution in [3.63, 3.8) is 0 Å². The number of hydrogen-bond acceptors (Lipinski definition) is 4. The molecule has 2 aliphatic rings. The van der Waals surface area contributed by atoms with Gasteiger partial charge in [-0.1, -0.05) is 0 Å². The topological polar surface area (TPSA) is 83.0 Å². The van der Waals surface area contributed by atoms with E-state index in [1.807, 2.05) is 0 Å². The molecule has 132 valence electrons. The first kappa shape index (κ1) is 15.9. The van der Waals surface area contributed by atoms with E-state index in [0.29, 0.717) is 5.92 Å². The molecule has 7 heteroatoms. The maximum Gasteiger partial charge on any atom is 0.263 e. The van der Waals surface area contributed by atoms with Crippen LogP contribution in [0.25, 0.3) is 0 Å². The van der Waals surface area contributed by atoms with Gasteiger partial charge in [0.25, 0.3) is 11.5 Å². The van der Waals surface area contributed by atoms with Crippen molar-refractivity contribution in [3.05, 3.63) is 46.0 Å². The second-order valence-electron chi connectivity index (χ2n) is 7.03. The van der Waals surface area contributed by atoms with Gasteiger partial charge in [-0.05, 0) is 37.8 Å². The molecular formula is C18H23N5O2. The number of hydrogen-bond donors (Lipinski definition) is 2. The zero-order valence-electron chi connectivity index (χ0n) is 14.4. The SMILES string of the molecule is Cn1cccc(C(=O)NC2CCN(c3cc(C4CC4)[nH]n3)CC2)c1=O. The number of aryl methyl sites for hydroxylation is 1. The van der Waals surface area contributed by atoms with Crippen molar-refractivity contribution < 1.29 is 4.79 Å². The Labute approximate surface area is 146 Å². The van der Waals surface area contributed by atoms with Crippen LogP contribution in [0, 0.1) is 0 Å². The molecule has 0 radical (unpaired) electrons. The Kier molecular flexibility index (Phi) is 4.07. The van der Waals surface area contributed by atoms with Gasteiger partial charge in [-0.3, -0.25) is 14.7 Å². The monoisotopic (exact) mass is 341 g/mol. The normalized spacial score (nSPS) is 18.4. The minimum atomic E-state index is -0.282. The van der Waals surface area contributed by atoms with E-state index in [4.69, 9.17) is 0 Å². The molecule has 2 N–H and O–H groups in total. The van der Waals surface area contributed by atoms with Gasteiger partial charge in [0.05, 0.1) is 0 Å². The summed E-state index contributed by atoms with van der Waals surface area (Å²) in [4.78, 5) is 26.7. The summed E-state index contributed by atoms with van der Waals surface area (Å²) in [6.07, 6.45) is 5.87. The number of carbonyl (C=O) groups excluding carboxylic acids is 1. The Morgan fingerprint density at radius 2 is 2.04 bits per heavy atom. The molecule has 2 fully saturated rings. The number of anilines is 1. The molecule has 1 aliphatic heterocycles. The summed E-state index contributed by atoms with van der Waals surface area (Å²) in [5.74, 6) is 1.39. The first-order chi connectivity index (χ1) is 12.1. The number of nitrogens with zero attached hydrogens (tertiary/aromatic N) is 3. The summed E-state index contributed by atoms with van der Waals surface area (Å²) < 4.78 is 1.42. The number of aromatic nitrogens is 3. The standard InChI is InChI=1S/C18H23N5O2/c1-22-8-2-3-14(18(22)25)17(24)19-13-6-9-23(10-7-13)16-11-15(20-21-16)12-4-5-12/h2-3,8,11-13H,4-7,9-10H2,1H3,(H,19,24)(H,20,21). The van der Waals surface area contributed by atoms with Crippen LogP contribution in [-0.4, -0.2) is 39.8 Å². The Bertz CT molecular complexity index is 828. The summed E-state index contributed by atoms with van der Waals surface area (Å²) in [7, 11) is 1.65. The minimum Gasteiger partial charge on any atom is -0.355 e. The highest BCUT2D eigenvalue weighted by Gasteiger charge is 2.28. The number of rotatable bonds is 4. The molecule has 4 rings (SSSR count). The highest BCUT2D eigenvalue weighted by Crippen LogP contribution is 2.40. The zero-order chi connectivity index (χ0) is 17.4. The molecule has 0 bridgehead atoms. The van der Waals surface area contributed by atoms with Crippen LogP contribution >= 0.6 is 0 Å². The van der Waals surface area contributed by atoms with Crippen molar-refractivity contribution in [2.24, 2.45) is 7.05 Å². The average Bonchev–Trinajstić information content (AvgIpc) is 3.35. The van der Waals surface area contributed by atoms with Gasteiger partial charge in [0.1, 0.15) is 5.56 Å². The first-order valence-corrected chi connectivity index (χ1v) is 8.88. The zero-order valence-corrected chi connectivity index (χ0v) is 14.4. The second-order valence-corrected chi connectivity index (χ2v) is 7.03. The maximum absolute atomic E-state index is 12.4. The third-order valence-corrected chi connectivity index (χ3v) is 5.12. The molecule has 2 aromatic rings. The predicted molar refractivity (Wildman–Crippen MR) is 94.9 cm³/mol. The molecule has 0 unspecified atom stereocenters. The number of piperidine rings is 1. The van der Waals surface area contributed by atoms with E-state index in [0.717, 1.165) is 31.7 Å². The minimum absolute atomic E-state index is 0.0931. The Morgan fingerprint density at radius 1 is 1.28 bits per heavy atom. The van der Waals surface area contributed by atoms with Crippen LogP contribution in [0.1, 0.15) is 47.7 Å². The molecule has 0 aromatic carbocycles. The summed E-state index contributed by atoms with van der Waals surface area (Å²) in [6.45, 7) is 1.71. The molecule has 1 saturated carbocycles. The lowest BCUT2D eigenvalue weighted by atomic mass is 10.0. The average molecular weight is 341 g/mol. The van der Waals surface area contributed by atoms with E-state index < -0.39 is 0 Å². The second kappa shape index (κ2) is 6.38. The molecule has 0 spiro atoms. The number of carbonyl (C=O) groups is 1. The smallest absolute Gasteiger partial charge is 0.263 e. The van der Waals surface area contributed by atoms with Crippen molar-refractivity contribution in [2.45, 2.75) is 37.6 Å². The summed E-state index contributed by atoms with van der Waals surface area (Å²) in [5, 5.41) is 10.6.